The Hall–Kier alpha value is -2.60. The Bertz CT molecular complexity index is 732. The van der Waals surface area contributed by atoms with Crippen molar-refractivity contribution < 1.29 is 9.59 Å². The maximum absolute atomic E-state index is 12.2. The first kappa shape index (κ1) is 17.7. The quantitative estimate of drug-likeness (QED) is 0.873. The Morgan fingerprint density at radius 2 is 1.96 bits per heavy atom. The molecule has 2 N–H and O–H groups in total. The Balaban J connectivity index is 2.01. The molecule has 7 heteroatoms. The normalized spacial score (nSPS) is 11.5. The summed E-state index contributed by atoms with van der Waals surface area (Å²) in [6, 6.07) is 9.80. The van der Waals surface area contributed by atoms with Crippen molar-refractivity contribution in [2.75, 3.05) is 24.7 Å². The van der Waals surface area contributed by atoms with Crippen molar-refractivity contribution in [1.29, 1.82) is 0 Å². The molecular formula is C17H19ClN4O2. The maximum atomic E-state index is 12.2. The number of amides is 2. The molecule has 0 aliphatic heterocycles. The third-order valence-corrected chi connectivity index (χ3v) is 3.52. The third kappa shape index (κ3) is 4.70. The van der Waals surface area contributed by atoms with Crippen LogP contribution in [0.5, 0.6) is 0 Å². The van der Waals surface area contributed by atoms with Crippen molar-refractivity contribution in [3.8, 4) is 0 Å². The molecule has 0 aliphatic carbocycles. The Morgan fingerprint density at radius 3 is 2.54 bits per heavy atom. The first-order valence-corrected chi connectivity index (χ1v) is 7.75. The number of nitrogens with zero attached hydrogens (tertiary/aromatic N) is 2. The fourth-order valence-corrected chi connectivity index (χ4v) is 2.24. The molecule has 0 unspecified atom stereocenters. The lowest BCUT2D eigenvalue weighted by Gasteiger charge is -2.18. The Morgan fingerprint density at radius 1 is 1.21 bits per heavy atom. The van der Waals surface area contributed by atoms with Gasteiger partial charge in [-0.15, -0.1) is 0 Å². The topological polar surface area (TPSA) is 74.3 Å². The molecule has 0 spiro atoms. The predicted molar refractivity (Wildman–Crippen MR) is 95.4 cm³/mol. The highest BCUT2D eigenvalue weighted by atomic mass is 35.5. The summed E-state index contributed by atoms with van der Waals surface area (Å²) in [5.41, 5.74) is 1.02. The van der Waals surface area contributed by atoms with Crippen LogP contribution in [0.4, 0.5) is 11.5 Å². The van der Waals surface area contributed by atoms with Crippen LogP contribution in [-0.2, 0) is 4.79 Å². The number of hydrogen-bond donors (Lipinski definition) is 2. The first-order chi connectivity index (χ1) is 11.4. The molecule has 2 aromatic rings. The Labute approximate surface area is 145 Å². The number of halogens is 1. The number of likely N-dealkylation sites (N-methyl/N-ethyl adjacent to an activating group) is 1. The fraction of sp³-hybridized carbons (Fsp3) is 0.235. The van der Waals surface area contributed by atoms with Crippen LogP contribution in [0.3, 0.4) is 0 Å². The molecule has 2 rings (SSSR count). The number of rotatable bonds is 5. The molecule has 1 aromatic carbocycles. The number of aromatic nitrogens is 1. The summed E-state index contributed by atoms with van der Waals surface area (Å²) in [5.74, 6) is 0.185. The second kappa shape index (κ2) is 7.79. The number of carbonyl (C=O) groups excluding carboxylic acids is 2. The van der Waals surface area contributed by atoms with Gasteiger partial charge in [0.1, 0.15) is 11.9 Å². The van der Waals surface area contributed by atoms with E-state index in [4.69, 9.17) is 11.6 Å². The zero-order valence-corrected chi connectivity index (χ0v) is 14.5. The molecular weight excluding hydrogens is 328 g/mol. The van der Waals surface area contributed by atoms with Crippen LogP contribution >= 0.6 is 11.6 Å². The lowest BCUT2D eigenvalue weighted by Crippen LogP contribution is -2.36. The largest absolute Gasteiger partial charge is 0.359 e. The summed E-state index contributed by atoms with van der Waals surface area (Å²) in [5, 5.41) is 6.29. The lowest BCUT2D eigenvalue weighted by molar-refractivity contribution is -0.129. The maximum Gasteiger partial charge on any atom is 0.257 e. The minimum Gasteiger partial charge on any atom is -0.359 e. The Kier molecular flexibility index (Phi) is 5.76. The first-order valence-electron chi connectivity index (χ1n) is 7.37. The molecule has 1 atom stereocenters. The molecule has 2 amide bonds. The highest BCUT2D eigenvalue weighted by Crippen LogP contribution is 2.16. The number of carbonyl (C=O) groups is 2. The molecule has 0 saturated carbocycles. The number of nitrogens with one attached hydrogen (secondary N) is 2. The van der Waals surface area contributed by atoms with Gasteiger partial charge in [0.25, 0.3) is 5.91 Å². The number of benzene rings is 1. The van der Waals surface area contributed by atoms with Gasteiger partial charge in [-0.1, -0.05) is 17.7 Å². The average molecular weight is 347 g/mol. The molecule has 1 heterocycles. The van der Waals surface area contributed by atoms with Crippen LogP contribution in [0.25, 0.3) is 0 Å². The highest BCUT2D eigenvalue weighted by molar-refractivity contribution is 6.30. The average Bonchev–Trinajstić information content (AvgIpc) is 2.54. The van der Waals surface area contributed by atoms with Crippen molar-refractivity contribution in [3.63, 3.8) is 0 Å². The minimum absolute atomic E-state index is 0.0559. The summed E-state index contributed by atoms with van der Waals surface area (Å²) < 4.78 is 0. The van der Waals surface area contributed by atoms with Crippen molar-refractivity contribution in [2.24, 2.45) is 0 Å². The van der Waals surface area contributed by atoms with E-state index >= 15 is 0 Å². The van der Waals surface area contributed by atoms with Gasteiger partial charge < -0.3 is 15.5 Å². The van der Waals surface area contributed by atoms with Gasteiger partial charge in [-0.2, -0.15) is 0 Å². The number of anilines is 2. The molecule has 126 valence electrons. The molecule has 0 radical (unpaired) electrons. The predicted octanol–water partition coefficient (Wildman–Crippen LogP) is 2.88. The van der Waals surface area contributed by atoms with Gasteiger partial charge >= 0.3 is 0 Å². The summed E-state index contributed by atoms with van der Waals surface area (Å²) >= 11 is 5.89. The van der Waals surface area contributed by atoms with Crippen LogP contribution in [0.2, 0.25) is 5.02 Å². The van der Waals surface area contributed by atoms with E-state index in [1.807, 2.05) is 0 Å². The van der Waals surface area contributed by atoms with E-state index in [0.717, 1.165) is 0 Å². The van der Waals surface area contributed by atoms with Crippen LogP contribution in [0.15, 0.2) is 42.6 Å². The molecule has 24 heavy (non-hydrogen) atoms. The molecule has 0 aliphatic rings. The number of pyridine rings is 1. The van der Waals surface area contributed by atoms with Gasteiger partial charge in [-0.05, 0) is 37.3 Å². The van der Waals surface area contributed by atoms with Crippen LogP contribution in [-0.4, -0.2) is 41.8 Å². The number of hydrogen-bond acceptors (Lipinski definition) is 4. The summed E-state index contributed by atoms with van der Waals surface area (Å²) in [7, 11) is 3.38. The SMILES string of the molecule is C[C@H](Nc1ccc(C(=O)Nc2cccc(Cl)c2)cn1)C(=O)N(C)C. The van der Waals surface area contributed by atoms with E-state index < -0.39 is 6.04 Å². The van der Waals surface area contributed by atoms with E-state index in [2.05, 4.69) is 15.6 Å². The van der Waals surface area contributed by atoms with Crippen molar-refractivity contribution in [2.45, 2.75) is 13.0 Å². The molecule has 0 bridgehead atoms. The summed E-state index contributed by atoms with van der Waals surface area (Å²) in [6.07, 6.45) is 1.45. The molecule has 0 fully saturated rings. The van der Waals surface area contributed by atoms with Crippen molar-refractivity contribution >= 4 is 34.9 Å². The fourth-order valence-electron chi connectivity index (χ4n) is 2.05. The van der Waals surface area contributed by atoms with E-state index in [9.17, 15) is 9.59 Å². The van der Waals surface area contributed by atoms with Gasteiger partial charge in [0, 0.05) is 31.0 Å². The monoisotopic (exact) mass is 346 g/mol. The third-order valence-electron chi connectivity index (χ3n) is 3.28. The zero-order chi connectivity index (χ0) is 17.7. The zero-order valence-electron chi connectivity index (χ0n) is 13.7. The second-order valence-electron chi connectivity index (χ2n) is 5.50. The highest BCUT2D eigenvalue weighted by Gasteiger charge is 2.15. The second-order valence-corrected chi connectivity index (χ2v) is 5.93. The van der Waals surface area contributed by atoms with Gasteiger partial charge in [0.05, 0.1) is 5.56 Å². The van der Waals surface area contributed by atoms with Gasteiger partial charge in [0.15, 0.2) is 0 Å². The molecule has 1 aromatic heterocycles. The van der Waals surface area contributed by atoms with Crippen molar-refractivity contribution in [1.82, 2.24) is 9.88 Å². The van der Waals surface area contributed by atoms with Gasteiger partial charge in [-0.3, -0.25) is 9.59 Å². The van der Waals surface area contributed by atoms with E-state index in [1.165, 1.54) is 11.1 Å². The van der Waals surface area contributed by atoms with Crippen LogP contribution < -0.4 is 10.6 Å². The van der Waals surface area contributed by atoms with E-state index in [0.29, 0.717) is 22.1 Å². The smallest absolute Gasteiger partial charge is 0.257 e. The van der Waals surface area contributed by atoms with Crippen LogP contribution in [0.1, 0.15) is 17.3 Å². The lowest BCUT2D eigenvalue weighted by atomic mass is 10.2. The van der Waals surface area contributed by atoms with Gasteiger partial charge in [-0.25, -0.2) is 4.98 Å². The van der Waals surface area contributed by atoms with E-state index in [1.54, 1.807) is 57.4 Å². The summed E-state index contributed by atoms with van der Waals surface area (Å²) in [6.45, 7) is 1.75. The van der Waals surface area contributed by atoms with Crippen LogP contribution in [0, 0.1) is 0 Å². The van der Waals surface area contributed by atoms with Crippen molar-refractivity contribution in [3.05, 3.63) is 53.2 Å². The van der Waals surface area contributed by atoms with Gasteiger partial charge in [0.2, 0.25) is 5.91 Å². The van der Waals surface area contributed by atoms with E-state index in [-0.39, 0.29) is 11.8 Å². The summed E-state index contributed by atoms with van der Waals surface area (Å²) in [4.78, 5) is 29.7. The standard InChI is InChI=1S/C17H19ClN4O2/c1-11(17(24)22(2)3)20-15-8-7-12(10-19-15)16(23)21-14-6-4-5-13(18)9-14/h4-11H,1-3H3,(H,19,20)(H,21,23)/t11-/m0/s1. The molecule has 0 saturated heterocycles. The molecule has 6 nitrogen and oxygen atoms in total. The minimum atomic E-state index is -0.404.